The number of nitrogens with one attached hydrogen (secondary N) is 1. The summed E-state index contributed by atoms with van der Waals surface area (Å²) >= 11 is 16.4. The third kappa shape index (κ3) is 4.12. The average Bonchev–Trinajstić information content (AvgIpc) is 3.11. The van der Waals surface area contributed by atoms with Crippen molar-refractivity contribution in [3.05, 3.63) is 62.1 Å². The number of aromatic nitrogens is 2. The summed E-state index contributed by atoms with van der Waals surface area (Å²) in [6.07, 6.45) is 3.05. The molecule has 0 spiro atoms. The molecule has 10 heteroatoms. The molecule has 0 amide bonds. The fourth-order valence-electron chi connectivity index (χ4n) is 1.97. The maximum Gasteiger partial charge on any atom is 0.271 e. The Bertz CT molecular complexity index is 986. The molecule has 2 aromatic heterocycles. The zero-order chi connectivity index (χ0) is 17.3. The summed E-state index contributed by atoms with van der Waals surface area (Å²) in [4.78, 5) is 0. The lowest BCUT2D eigenvalue weighted by Crippen LogP contribution is -2.10. The topological polar surface area (TPSA) is 64.0 Å². The van der Waals surface area contributed by atoms with E-state index in [-0.39, 0.29) is 4.21 Å². The summed E-state index contributed by atoms with van der Waals surface area (Å²) in [7, 11) is -3.62. The Morgan fingerprint density at radius 3 is 2.71 bits per heavy atom. The van der Waals surface area contributed by atoms with Gasteiger partial charge in [-0.05, 0) is 45.8 Å². The van der Waals surface area contributed by atoms with Crippen molar-refractivity contribution in [1.82, 2.24) is 9.78 Å². The van der Waals surface area contributed by atoms with Gasteiger partial charge in [-0.15, -0.1) is 11.3 Å². The Morgan fingerprint density at radius 2 is 2.04 bits per heavy atom. The lowest BCUT2D eigenvalue weighted by Gasteiger charge is -2.05. The number of rotatable bonds is 5. The fraction of sp³-hybridized carbons (Fsp3) is 0.0714. The summed E-state index contributed by atoms with van der Waals surface area (Å²) in [5, 5.41) is 5.24. The van der Waals surface area contributed by atoms with Gasteiger partial charge in [-0.3, -0.25) is 9.40 Å². The van der Waals surface area contributed by atoms with Crippen molar-refractivity contribution < 1.29 is 8.42 Å². The number of hydrogen-bond donors (Lipinski definition) is 1. The predicted octanol–water partition coefficient (Wildman–Crippen LogP) is 4.86. The van der Waals surface area contributed by atoms with Gasteiger partial charge >= 0.3 is 0 Å². The smallest absolute Gasteiger partial charge is 0.271 e. The van der Waals surface area contributed by atoms with Crippen LogP contribution in [0.4, 0.5) is 5.69 Å². The second-order valence-corrected chi connectivity index (χ2v) is 10.0. The minimum Gasteiger partial charge on any atom is -0.276 e. The van der Waals surface area contributed by atoms with Gasteiger partial charge in [0.25, 0.3) is 10.0 Å². The van der Waals surface area contributed by atoms with Crippen LogP contribution in [-0.4, -0.2) is 18.2 Å². The Kier molecular flexibility index (Phi) is 5.22. The first-order valence-corrected chi connectivity index (χ1v) is 10.4. The second-order valence-electron chi connectivity index (χ2n) is 4.83. The molecular weight excluding hydrogens is 457 g/mol. The van der Waals surface area contributed by atoms with Crippen molar-refractivity contribution >= 4 is 66.2 Å². The molecule has 0 radical (unpaired) electrons. The minimum absolute atomic E-state index is 0.225. The van der Waals surface area contributed by atoms with E-state index in [1.54, 1.807) is 35.1 Å². The molecule has 126 valence electrons. The van der Waals surface area contributed by atoms with Crippen molar-refractivity contribution in [1.29, 1.82) is 0 Å². The van der Waals surface area contributed by atoms with Crippen molar-refractivity contribution in [2.75, 3.05) is 4.72 Å². The third-order valence-electron chi connectivity index (χ3n) is 3.05. The standard InChI is InChI=1S/C14H10BrCl2N3O2S2/c15-13-3-4-14(23-13)24(21,22)19-11-6-18-20(8-11)7-9-1-2-10(16)5-12(9)17/h1-6,8,19H,7H2. The van der Waals surface area contributed by atoms with Crippen LogP contribution < -0.4 is 4.72 Å². The molecule has 0 aliphatic carbocycles. The molecule has 1 N–H and O–H groups in total. The Labute approximate surface area is 161 Å². The first kappa shape index (κ1) is 17.8. The first-order valence-electron chi connectivity index (χ1n) is 6.58. The zero-order valence-corrected chi connectivity index (χ0v) is 16.6. The van der Waals surface area contributed by atoms with Gasteiger partial charge in [-0.2, -0.15) is 5.10 Å². The molecule has 0 aliphatic rings. The van der Waals surface area contributed by atoms with Crippen LogP contribution >= 0.6 is 50.5 Å². The molecule has 3 aromatic rings. The van der Waals surface area contributed by atoms with Crippen LogP contribution in [-0.2, 0) is 16.6 Å². The largest absolute Gasteiger partial charge is 0.276 e. The fourth-order valence-corrected chi connectivity index (χ4v) is 5.48. The van der Waals surface area contributed by atoms with Gasteiger partial charge in [0.2, 0.25) is 0 Å². The van der Waals surface area contributed by atoms with E-state index in [1.807, 2.05) is 0 Å². The number of halogens is 3. The van der Waals surface area contributed by atoms with E-state index in [9.17, 15) is 8.42 Å². The van der Waals surface area contributed by atoms with E-state index in [1.165, 1.54) is 12.3 Å². The van der Waals surface area contributed by atoms with Gasteiger partial charge in [0.05, 0.1) is 22.2 Å². The van der Waals surface area contributed by atoms with Crippen LogP contribution in [0.3, 0.4) is 0 Å². The Balaban J connectivity index is 1.76. The van der Waals surface area contributed by atoms with Crippen molar-refractivity contribution in [2.45, 2.75) is 10.8 Å². The summed E-state index contributed by atoms with van der Waals surface area (Å²) in [6, 6.07) is 8.42. The Hall–Kier alpha value is -1.06. The molecule has 24 heavy (non-hydrogen) atoms. The SMILES string of the molecule is O=S(=O)(Nc1cnn(Cc2ccc(Cl)cc2Cl)c1)c1ccc(Br)s1. The summed E-state index contributed by atoms with van der Waals surface area (Å²) in [5.74, 6) is 0. The lowest BCUT2D eigenvalue weighted by atomic mass is 10.2. The second kappa shape index (κ2) is 7.05. The van der Waals surface area contributed by atoms with E-state index in [0.29, 0.717) is 22.3 Å². The maximum absolute atomic E-state index is 12.3. The monoisotopic (exact) mass is 465 g/mol. The molecule has 0 aliphatic heterocycles. The highest BCUT2D eigenvalue weighted by Gasteiger charge is 2.17. The van der Waals surface area contributed by atoms with Gasteiger partial charge in [0.15, 0.2) is 0 Å². The number of sulfonamides is 1. The van der Waals surface area contributed by atoms with Gasteiger partial charge in [0.1, 0.15) is 4.21 Å². The molecule has 0 atom stereocenters. The number of nitrogens with zero attached hydrogens (tertiary/aromatic N) is 2. The third-order valence-corrected chi connectivity index (χ3v) is 7.13. The first-order chi connectivity index (χ1) is 11.3. The highest BCUT2D eigenvalue weighted by Crippen LogP contribution is 2.27. The molecule has 5 nitrogen and oxygen atoms in total. The van der Waals surface area contributed by atoms with Gasteiger partial charge < -0.3 is 0 Å². The number of thiophene rings is 1. The summed E-state index contributed by atoms with van der Waals surface area (Å²) < 4.78 is 29.6. The van der Waals surface area contributed by atoms with Gasteiger partial charge in [0, 0.05) is 16.2 Å². The van der Waals surface area contributed by atoms with Crippen molar-refractivity contribution in [2.24, 2.45) is 0 Å². The molecule has 3 rings (SSSR count). The number of anilines is 1. The molecule has 0 saturated heterocycles. The number of benzene rings is 1. The maximum atomic E-state index is 12.3. The quantitative estimate of drug-likeness (QED) is 0.583. The Morgan fingerprint density at radius 1 is 1.25 bits per heavy atom. The van der Waals surface area contributed by atoms with Crippen LogP contribution in [0.2, 0.25) is 10.0 Å². The van der Waals surface area contributed by atoms with Crippen LogP contribution in [0, 0.1) is 0 Å². The molecule has 0 saturated carbocycles. The molecule has 1 aromatic carbocycles. The molecule has 0 bridgehead atoms. The molecule has 0 unspecified atom stereocenters. The molecule has 0 fully saturated rings. The van der Waals surface area contributed by atoms with E-state index in [0.717, 1.165) is 20.7 Å². The average molecular weight is 467 g/mol. The molecular formula is C14H10BrCl2N3O2S2. The molecule has 2 heterocycles. The van der Waals surface area contributed by atoms with E-state index < -0.39 is 10.0 Å². The van der Waals surface area contributed by atoms with Crippen LogP contribution in [0.15, 0.2) is 50.7 Å². The highest BCUT2D eigenvalue weighted by molar-refractivity contribution is 9.11. The van der Waals surface area contributed by atoms with E-state index in [4.69, 9.17) is 23.2 Å². The summed E-state index contributed by atoms with van der Waals surface area (Å²) in [5.41, 5.74) is 1.21. The number of hydrogen-bond acceptors (Lipinski definition) is 4. The lowest BCUT2D eigenvalue weighted by molar-refractivity contribution is 0.603. The van der Waals surface area contributed by atoms with Gasteiger partial charge in [-0.25, -0.2) is 8.42 Å². The van der Waals surface area contributed by atoms with Crippen molar-refractivity contribution in [3.63, 3.8) is 0 Å². The van der Waals surface area contributed by atoms with Crippen LogP contribution in [0.25, 0.3) is 0 Å². The van der Waals surface area contributed by atoms with Crippen LogP contribution in [0.1, 0.15) is 5.56 Å². The van der Waals surface area contributed by atoms with Crippen LogP contribution in [0.5, 0.6) is 0 Å². The minimum atomic E-state index is -3.62. The predicted molar refractivity (Wildman–Crippen MR) is 101 cm³/mol. The highest BCUT2D eigenvalue weighted by atomic mass is 79.9. The van der Waals surface area contributed by atoms with Gasteiger partial charge in [-0.1, -0.05) is 29.3 Å². The van der Waals surface area contributed by atoms with Crippen molar-refractivity contribution in [3.8, 4) is 0 Å². The normalized spacial score (nSPS) is 11.6. The van der Waals surface area contributed by atoms with E-state index >= 15 is 0 Å². The van der Waals surface area contributed by atoms with E-state index in [2.05, 4.69) is 25.8 Å². The zero-order valence-electron chi connectivity index (χ0n) is 11.9. The summed E-state index contributed by atoms with van der Waals surface area (Å²) in [6.45, 7) is 0.405.